The minimum absolute atomic E-state index is 0.0359. The summed E-state index contributed by atoms with van der Waals surface area (Å²) in [7, 11) is 0. The maximum Gasteiger partial charge on any atom is 0.256 e. The predicted octanol–water partition coefficient (Wildman–Crippen LogP) is 1.82. The van der Waals surface area contributed by atoms with Gasteiger partial charge in [-0.2, -0.15) is 0 Å². The Hall–Kier alpha value is -2.90. The lowest BCUT2D eigenvalue weighted by Crippen LogP contribution is -2.54. The monoisotopic (exact) mass is 448 g/mol. The molecular formula is C26H32N4O3. The summed E-state index contributed by atoms with van der Waals surface area (Å²) >= 11 is 0. The number of benzene rings is 2. The summed E-state index contributed by atoms with van der Waals surface area (Å²) in [5, 5.41) is 13.4. The largest absolute Gasteiger partial charge is 0.378 e. The second-order valence-corrected chi connectivity index (χ2v) is 9.24. The van der Waals surface area contributed by atoms with Gasteiger partial charge in [0.25, 0.3) is 11.8 Å². The van der Waals surface area contributed by atoms with E-state index in [2.05, 4.69) is 27.2 Å². The minimum atomic E-state index is -1.08. The van der Waals surface area contributed by atoms with Crippen molar-refractivity contribution < 1.29 is 14.7 Å². The van der Waals surface area contributed by atoms with Crippen LogP contribution < -0.4 is 10.2 Å². The molecule has 2 amide bonds. The van der Waals surface area contributed by atoms with Crippen molar-refractivity contribution in [3.63, 3.8) is 0 Å². The first-order chi connectivity index (χ1) is 16.1. The highest BCUT2D eigenvalue weighted by atomic mass is 16.3. The molecule has 1 atom stereocenters. The molecule has 0 bridgehead atoms. The van der Waals surface area contributed by atoms with E-state index in [1.54, 1.807) is 12.1 Å². The van der Waals surface area contributed by atoms with Gasteiger partial charge < -0.3 is 20.2 Å². The third-order valence-corrected chi connectivity index (χ3v) is 7.33. The molecule has 174 valence electrons. The third kappa shape index (κ3) is 4.61. The lowest BCUT2D eigenvalue weighted by Gasteiger charge is -2.43. The van der Waals surface area contributed by atoms with Gasteiger partial charge in [-0.1, -0.05) is 30.3 Å². The second kappa shape index (κ2) is 9.53. The summed E-state index contributed by atoms with van der Waals surface area (Å²) in [6.45, 7) is 6.05. The van der Waals surface area contributed by atoms with E-state index in [0.29, 0.717) is 31.2 Å². The van der Waals surface area contributed by atoms with Crippen molar-refractivity contribution in [2.24, 2.45) is 0 Å². The van der Waals surface area contributed by atoms with E-state index in [4.69, 9.17) is 0 Å². The molecule has 2 fully saturated rings. The van der Waals surface area contributed by atoms with E-state index in [0.717, 1.165) is 56.6 Å². The molecule has 7 heteroatoms. The highest BCUT2D eigenvalue weighted by Crippen LogP contribution is 2.26. The van der Waals surface area contributed by atoms with Crippen LogP contribution in [-0.4, -0.2) is 78.6 Å². The molecule has 2 saturated heterocycles. The Balaban J connectivity index is 1.12. The molecule has 2 aromatic rings. The van der Waals surface area contributed by atoms with Crippen molar-refractivity contribution >= 4 is 17.5 Å². The summed E-state index contributed by atoms with van der Waals surface area (Å²) in [4.78, 5) is 31.5. The van der Waals surface area contributed by atoms with Gasteiger partial charge in [-0.15, -0.1) is 0 Å². The molecule has 5 rings (SSSR count). The molecular weight excluding hydrogens is 416 g/mol. The Morgan fingerprint density at radius 3 is 2.42 bits per heavy atom. The number of likely N-dealkylation sites (tertiary alicyclic amines) is 1. The van der Waals surface area contributed by atoms with Gasteiger partial charge in [0, 0.05) is 63.1 Å². The fraction of sp³-hybridized carbons (Fsp3) is 0.462. The number of piperazine rings is 1. The van der Waals surface area contributed by atoms with Crippen molar-refractivity contribution in [1.29, 1.82) is 0 Å². The average molecular weight is 449 g/mol. The molecule has 2 aromatic carbocycles. The second-order valence-electron chi connectivity index (χ2n) is 9.24. The van der Waals surface area contributed by atoms with Gasteiger partial charge in [0.2, 0.25) is 0 Å². The Labute approximate surface area is 195 Å². The maximum absolute atomic E-state index is 12.7. The normalized spacial score (nSPS) is 20.8. The standard InChI is InChI=1S/C26H32N4O3/c31-24(19-4-2-1-3-5-19)26(33)30-12-9-21(10-13-30)28-14-16-29(17-15-28)22-6-7-23-20(18-22)8-11-27-25(23)32/h1-7,18,21,24,31H,8-17H2,(H,27,32). The minimum Gasteiger partial charge on any atom is -0.378 e. The van der Waals surface area contributed by atoms with Crippen LogP contribution in [0.1, 0.15) is 40.4 Å². The van der Waals surface area contributed by atoms with Crippen molar-refractivity contribution in [3.8, 4) is 0 Å². The van der Waals surface area contributed by atoms with Crippen LogP contribution in [0.15, 0.2) is 48.5 Å². The van der Waals surface area contributed by atoms with E-state index < -0.39 is 6.10 Å². The Morgan fingerprint density at radius 1 is 0.970 bits per heavy atom. The molecule has 0 aliphatic carbocycles. The Bertz CT molecular complexity index is 996. The van der Waals surface area contributed by atoms with Crippen molar-refractivity contribution in [3.05, 3.63) is 65.2 Å². The number of nitrogens with one attached hydrogen (secondary N) is 1. The number of amides is 2. The summed E-state index contributed by atoms with van der Waals surface area (Å²) in [5.74, 6) is -0.153. The van der Waals surface area contributed by atoms with Crippen LogP contribution in [0.3, 0.4) is 0 Å². The molecule has 3 aliphatic rings. The maximum atomic E-state index is 12.7. The molecule has 0 aromatic heterocycles. The first-order valence-corrected chi connectivity index (χ1v) is 12.0. The zero-order valence-electron chi connectivity index (χ0n) is 18.9. The van der Waals surface area contributed by atoms with E-state index >= 15 is 0 Å². The molecule has 3 aliphatic heterocycles. The first kappa shape index (κ1) is 21.9. The van der Waals surface area contributed by atoms with Gasteiger partial charge >= 0.3 is 0 Å². The van der Waals surface area contributed by atoms with Gasteiger partial charge in [-0.3, -0.25) is 14.5 Å². The number of carbonyl (C=O) groups excluding carboxylic acids is 2. The summed E-state index contributed by atoms with van der Waals surface area (Å²) in [5.41, 5.74) is 3.82. The number of nitrogens with zero attached hydrogens (tertiary/aromatic N) is 3. The Kier molecular flexibility index (Phi) is 6.33. The quantitative estimate of drug-likeness (QED) is 0.746. The van der Waals surface area contributed by atoms with Crippen LogP contribution in [0.4, 0.5) is 5.69 Å². The molecule has 2 N–H and O–H groups in total. The van der Waals surface area contributed by atoms with Crippen molar-refractivity contribution in [1.82, 2.24) is 15.1 Å². The van der Waals surface area contributed by atoms with E-state index in [9.17, 15) is 14.7 Å². The van der Waals surface area contributed by atoms with Gasteiger partial charge in [-0.25, -0.2) is 0 Å². The van der Waals surface area contributed by atoms with Crippen LogP contribution in [0, 0.1) is 0 Å². The third-order valence-electron chi connectivity index (χ3n) is 7.33. The number of aliphatic hydroxyl groups excluding tert-OH is 1. The zero-order valence-corrected chi connectivity index (χ0v) is 18.9. The fourth-order valence-corrected chi connectivity index (χ4v) is 5.36. The SMILES string of the molecule is O=C1NCCc2cc(N3CCN(C4CCN(C(=O)C(O)c5ccccc5)CC4)CC3)ccc21. The van der Waals surface area contributed by atoms with Crippen LogP contribution in [0.25, 0.3) is 0 Å². The van der Waals surface area contributed by atoms with E-state index in [1.807, 2.05) is 29.2 Å². The number of carbonyl (C=O) groups is 2. The number of piperidine rings is 1. The van der Waals surface area contributed by atoms with Gasteiger partial charge in [0.1, 0.15) is 0 Å². The predicted molar refractivity (Wildman–Crippen MR) is 127 cm³/mol. The lowest BCUT2D eigenvalue weighted by atomic mass is 9.98. The highest BCUT2D eigenvalue weighted by molar-refractivity contribution is 5.97. The van der Waals surface area contributed by atoms with Crippen molar-refractivity contribution in [2.45, 2.75) is 31.4 Å². The summed E-state index contributed by atoms with van der Waals surface area (Å²) in [6, 6.07) is 15.9. The van der Waals surface area contributed by atoms with Gasteiger partial charge in [-0.05, 0) is 48.6 Å². The van der Waals surface area contributed by atoms with Crippen LogP contribution in [-0.2, 0) is 11.2 Å². The number of aliphatic hydroxyl groups is 1. The first-order valence-electron chi connectivity index (χ1n) is 12.0. The number of hydrogen-bond donors (Lipinski definition) is 2. The molecule has 0 spiro atoms. The Morgan fingerprint density at radius 2 is 1.70 bits per heavy atom. The lowest BCUT2D eigenvalue weighted by molar-refractivity contribution is -0.142. The number of rotatable bonds is 4. The number of fused-ring (bicyclic) bond motifs is 1. The van der Waals surface area contributed by atoms with Gasteiger partial charge in [0.05, 0.1) is 0 Å². The van der Waals surface area contributed by atoms with E-state index in [1.165, 1.54) is 5.69 Å². The van der Waals surface area contributed by atoms with E-state index in [-0.39, 0.29) is 11.8 Å². The average Bonchev–Trinajstić information content (AvgIpc) is 2.88. The highest BCUT2D eigenvalue weighted by Gasteiger charge is 2.31. The smallest absolute Gasteiger partial charge is 0.256 e. The topological polar surface area (TPSA) is 76.1 Å². The zero-order chi connectivity index (χ0) is 22.8. The molecule has 3 heterocycles. The van der Waals surface area contributed by atoms with Crippen LogP contribution >= 0.6 is 0 Å². The molecule has 0 radical (unpaired) electrons. The summed E-state index contributed by atoms with van der Waals surface area (Å²) in [6.07, 6.45) is 1.71. The van der Waals surface area contributed by atoms with Crippen molar-refractivity contribution in [2.75, 3.05) is 50.7 Å². The molecule has 0 saturated carbocycles. The number of hydrogen-bond acceptors (Lipinski definition) is 5. The number of anilines is 1. The summed E-state index contributed by atoms with van der Waals surface area (Å²) < 4.78 is 0. The van der Waals surface area contributed by atoms with Gasteiger partial charge in [0.15, 0.2) is 6.10 Å². The van der Waals surface area contributed by atoms with Crippen LogP contribution in [0.2, 0.25) is 0 Å². The fourth-order valence-electron chi connectivity index (χ4n) is 5.36. The van der Waals surface area contributed by atoms with Crippen LogP contribution in [0.5, 0.6) is 0 Å². The molecule has 7 nitrogen and oxygen atoms in total. The molecule has 33 heavy (non-hydrogen) atoms. The molecule has 1 unspecified atom stereocenters.